The molecule has 0 saturated carbocycles. The van der Waals surface area contributed by atoms with E-state index < -0.39 is 16.5 Å². The van der Waals surface area contributed by atoms with Crippen LogP contribution >= 0.6 is 18.8 Å². The molecule has 12 N–H and O–H groups in total. The Balaban J connectivity index is -0.00000000133. The Kier molecular flexibility index (Phi) is 1400. The van der Waals surface area contributed by atoms with Crippen molar-refractivity contribution < 1.29 is 49.3 Å². The van der Waals surface area contributed by atoms with E-state index >= 15 is 0 Å². The van der Waals surface area contributed by atoms with Gasteiger partial charge in [-0.15, -0.1) is 0 Å². The van der Waals surface area contributed by atoms with Crippen molar-refractivity contribution in [3.05, 3.63) is 0 Å². The fourth-order valence-corrected chi connectivity index (χ4v) is 0. The van der Waals surface area contributed by atoms with E-state index in [-0.39, 0.29) is 32.9 Å². The van der Waals surface area contributed by atoms with Gasteiger partial charge in [0.1, 0.15) is 0 Å². The molecule has 0 atom stereocenters. The quantitative estimate of drug-likeness (QED) is 0.395. The van der Waals surface area contributed by atoms with Gasteiger partial charge in [0.25, 0.3) is 0 Å². The minimum atomic E-state index is -0.586. The summed E-state index contributed by atoms with van der Waals surface area (Å²) in [6, 6.07) is 0. The summed E-state index contributed by atoms with van der Waals surface area (Å²) in [7, 11) is 9.79. The van der Waals surface area contributed by atoms with Crippen LogP contribution in [0.15, 0.2) is 0 Å². The van der Waals surface area contributed by atoms with Gasteiger partial charge in [0.05, 0.1) is 0 Å². The summed E-state index contributed by atoms with van der Waals surface area (Å²) in [5, 5.41) is 0. The second-order valence-electron chi connectivity index (χ2n) is 0.0583. The summed E-state index contributed by atoms with van der Waals surface area (Å²) in [6.07, 6.45) is 0. The molecule has 0 aromatic heterocycles. The molecular formula is H12Cl2MoO6. The standard InChI is InChI=1S/2ClH.Mo.6H2O/h2*1H;;6*1H2/q;;+2;;;;;;/p-2. The Labute approximate surface area is 68.4 Å². The third kappa shape index (κ3) is 422. The van der Waals surface area contributed by atoms with E-state index in [2.05, 4.69) is 0 Å². The van der Waals surface area contributed by atoms with E-state index in [4.69, 9.17) is 18.8 Å². The molecule has 0 amide bonds. The van der Waals surface area contributed by atoms with Crippen LogP contribution in [0.25, 0.3) is 0 Å². The Morgan fingerprint density at radius 1 is 0.556 bits per heavy atom. The van der Waals surface area contributed by atoms with Gasteiger partial charge in [0, 0.05) is 0 Å². The number of halogens is 2. The van der Waals surface area contributed by atoms with E-state index in [1.165, 1.54) is 0 Å². The first-order valence-corrected chi connectivity index (χ1v) is 5.48. The zero-order valence-corrected chi connectivity index (χ0v) is 7.68. The van der Waals surface area contributed by atoms with Gasteiger partial charge in [0.15, 0.2) is 0 Å². The fourth-order valence-electron chi connectivity index (χ4n) is 0. The SMILES string of the molecule is O.O.O.O.O.O.[Cl][Mo][Cl]. The average Bonchev–Trinajstić information content (AvgIpc) is 0.918. The molecule has 68 valence electrons. The molecule has 9 heteroatoms. The van der Waals surface area contributed by atoms with E-state index in [0.29, 0.717) is 0 Å². The minimum absolute atomic E-state index is 0. The summed E-state index contributed by atoms with van der Waals surface area (Å²) in [4.78, 5) is 0. The molecule has 0 aliphatic heterocycles. The van der Waals surface area contributed by atoms with Gasteiger partial charge in [-0.1, -0.05) is 0 Å². The van der Waals surface area contributed by atoms with Crippen molar-refractivity contribution in [3.63, 3.8) is 0 Å². The molecule has 0 bridgehead atoms. The number of hydrogen-bond donors (Lipinski definition) is 0. The molecule has 0 aliphatic rings. The Morgan fingerprint density at radius 3 is 0.556 bits per heavy atom. The molecule has 0 aromatic carbocycles. The van der Waals surface area contributed by atoms with E-state index in [9.17, 15) is 0 Å². The fraction of sp³-hybridized carbons (Fsp3) is 0. The van der Waals surface area contributed by atoms with Gasteiger partial charge >= 0.3 is 35.3 Å². The van der Waals surface area contributed by atoms with Gasteiger partial charge in [-0.3, -0.25) is 0 Å². The Hall–Kier alpha value is 1.03. The molecule has 0 unspecified atom stereocenters. The van der Waals surface area contributed by atoms with Crippen LogP contribution in [0.4, 0.5) is 0 Å². The first-order valence-electron chi connectivity index (χ1n) is 0.309. The van der Waals surface area contributed by atoms with Crippen molar-refractivity contribution in [1.29, 1.82) is 0 Å². The van der Waals surface area contributed by atoms with Gasteiger partial charge in [-0.2, -0.15) is 0 Å². The first-order chi connectivity index (χ1) is 1.41. The normalized spacial score (nSPS) is 2.00. The Morgan fingerprint density at radius 2 is 0.556 bits per heavy atom. The van der Waals surface area contributed by atoms with E-state index in [1.807, 2.05) is 0 Å². The summed E-state index contributed by atoms with van der Waals surface area (Å²) in [6.45, 7) is 0. The van der Waals surface area contributed by atoms with Gasteiger partial charge in [-0.25, -0.2) is 0 Å². The second kappa shape index (κ2) is 141. The molecule has 0 spiro atoms. The van der Waals surface area contributed by atoms with Crippen LogP contribution in [0.5, 0.6) is 0 Å². The van der Waals surface area contributed by atoms with Crippen LogP contribution in [0.1, 0.15) is 0 Å². The van der Waals surface area contributed by atoms with Crippen LogP contribution < -0.4 is 0 Å². The summed E-state index contributed by atoms with van der Waals surface area (Å²) < 4.78 is 0. The van der Waals surface area contributed by atoms with Crippen LogP contribution in [-0.4, -0.2) is 32.9 Å². The maximum atomic E-state index is 4.89. The monoisotopic (exact) mass is 276 g/mol. The van der Waals surface area contributed by atoms with Crippen molar-refractivity contribution in [2.45, 2.75) is 0 Å². The second-order valence-corrected chi connectivity index (χ2v) is 3.11. The summed E-state index contributed by atoms with van der Waals surface area (Å²) >= 11 is -0.586. The first kappa shape index (κ1) is 89.1. The number of rotatable bonds is 0. The maximum absolute atomic E-state index is 4.89. The van der Waals surface area contributed by atoms with E-state index in [1.54, 1.807) is 0 Å². The van der Waals surface area contributed by atoms with Crippen LogP contribution in [0, 0.1) is 0 Å². The van der Waals surface area contributed by atoms with Crippen molar-refractivity contribution >= 4 is 18.8 Å². The van der Waals surface area contributed by atoms with Crippen molar-refractivity contribution in [2.75, 3.05) is 0 Å². The van der Waals surface area contributed by atoms with Crippen LogP contribution in [0.2, 0.25) is 0 Å². The molecule has 9 heavy (non-hydrogen) atoms. The summed E-state index contributed by atoms with van der Waals surface area (Å²) in [5.41, 5.74) is 0. The molecule has 0 radical (unpaired) electrons. The Bertz CT molecular complexity index is 11.0. The topological polar surface area (TPSA) is 189 Å². The molecule has 0 heterocycles. The summed E-state index contributed by atoms with van der Waals surface area (Å²) in [5.74, 6) is 0. The van der Waals surface area contributed by atoms with Gasteiger partial charge in [-0.05, 0) is 0 Å². The predicted molar refractivity (Wildman–Crippen MR) is 33.4 cm³/mol. The number of hydrogen-bond acceptors (Lipinski definition) is 0. The van der Waals surface area contributed by atoms with Crippen molar-refractivity contribution in [2.24, 2.45) is 0 Å². The molecular weight excluding hydrogens is 263 g/mol. The third-order valence-corrected chi connectivity index (χ3v) is 0. The van der Waals surface area contributed by atoms with Crippen LogP contribution in [-0.2, 0) is 16.5 Å². The molecule has 0 aliphatic carbocycles. The van der Waals surface area contributed by atoms with Gasteiger partial charge < -0.3 is 32.9 Å². The third-order valence-electron chi connectivity index (χ3n) is 0. The average molecular weight is 275 g/mol. The predicted octanol–water partition coefficient (Wildman–Crippen LogP) is -3.57. The molecule has 0 aromatic rings. The molecule has 0 fully saturated rings. The molecule has 0 saturated heterocycles. The van der Waals surface area contributed by atoms with Crippen LogP contribution in [0.3, 0.4) is 0 Å². The van der Waals surface area contributed by atoms with Crippen molar-refractivity contribution in [3.8, 4) is 0 Å². The van der Waals surface area contributed by atoms with Gasteiger partial charge in [0.2, 0.25) is 0 Å². The molecule has 0 rings (SSSR count). The zero-order valence-electron chi connectivity index (χ0n) is 4.16. The van der Waals surface area contributed by atoms with E-state index in [0.717, 1.165) is 0 Å². The molecule has 6 nitrogen and oxygen atoms in total. The zero-order chi connectivity index (χ0) is 2.71. The van der Waals surface area contributed by atoms with Crippen molar-refractivity contribution in [1.82, 2.24) is 0 Å².